The van der Waals surface area contributed by atoms with Crippen LogP contribution in [-0.2, 0) is 20.8 Å². The second-order valence-electron chi connectivity index (χ2n) is 8.05. The van der Waals surface area contributed by atoms with Crippen LogP contribution in [0.15, 0.2) is 48.5 Å². The second-order valence-corrected chi connectivity index (χ2v) is 8.05. The van der Waals surface area contributed by atoms with Crippen LogP contribution in [-0.4, -0.2) is 42.8 Å². The summed E-state index contributed by atoms with van der Waals surface area (Å²) in [5.74, 6) is -0.546. The van der Waals surface area contributed by atoms with Crippen LogP contribution in [0.5, 0.6) is 5.75 Å². The first-order valence-corrected chi connectivity index (χ1v) is 10.6. The third-order valence-electron chi connectivity index (χ3n) is 4.11. The van der Waals surface area contributed by atoms with Gasteiger partial charge in [-0.2, -0.15) is 0 Å². The first kappa shape index (κ1) is 26.2. The predicted molar refractivity (Wildman–Crippen MR) is 125 cm³/mol. The van der Waals surface area contributed by atoms with E-state index in [2.05, 4.69) is 16.0 Å². The van der Waals surface area contributed by atoms with Gasteiger partial charge in [-0.1, -0.05) is 18.2 Å². The highest BCUT2D eigenvalue weighted by atomic mass is 16.7. The molecule has 2 aromatic rings. The number of ether oxygens (including phenoxy) is 3. The molecule has 10 heteroatoms. The third kappa shape index (κ3) is 9.19. The zero-order valence-corrected chi connectivity index (χ0v) is 19.6. The van der Waals surface area contributed by atoms with Gasteiger partial charge < -0.3 is 30.2 Å². The molecule has 0 fully saturated rings. The minimum atomic E-state index is -0.822. The molecule has 0 aliphatic carbocycles. The number of amides is 3. The lowest BCUT2D eigenvalue weighted by Crippen LogP contribution is -2.39. The minimum Gasteiger partial charge on any atom is -0.444 e. The number of alkyl carbamates (subject to hydrolysis) is 1. The van der Waals surface area contributed by atoms with Crippen LogP contribution in [0.1, 0.15) is 43.6 Å². The van der Waals surface area contributed by atoms with Crippen molar-refractivity contribution in [2.75, 3.05) is 18.5 Å². The Bertz CT molecular complexity index is 1010. The van der Waals surface area contributed by atoms with E-state index in [1.807, 2.05) is 0 Å². The summed E-state index contributed by atoms with van der Waals surface area (Å²) in [6, 6.07) is 13.0. The molecular weight excluding hydrogens is 442 g/mol. The molecule has 0 bridgehead atoms. The Balaban J connectivity index is 1.91. The number of carbonyl (C=O) groups excluding carboxylic acids is 4. The largest absolute Gasteiger partial charge is 0.513 e. The van der Waals surface area contributed by atoms with Gasteiger partial charge in [0.1, 0.15) is 17.9 Å². The van der Waals surface area contributed by atoms with Crippen molar-refractivity contribution in [3.05, 3.63) is 59.7 Å². The summed E-state index contributed by atoms with van der Waals surface area (Å²) in [6.45, 7) is 6.93. The Morgan fingerprint density at radius 2 is 1.59 bits per heavy atom. The molecule has 0 aromatic heterocycles. The monoisotopic (exact) mass is 471 g/mol. The number of benzene rings is 2. The Morgan fingerprint density at radius 3 is 2.24 bits per heavy atom. The van der Waals surface area contributed by atoms with Crippen LogP contribution in [0.2, 0.25) is 0 Å². The van der Waals surface area contributed by atoms with Crippen LogP contribution in [0, 0.1) is 0 Å². The first-order valence-electron chi connectivity index (χ1n) is 10.6. The van der Waals surface area contributed by atoms with E-state index < -0.39 is 23.8 Å². The van der Waals surface area contributed by atoms with E-state index in [1.165, 1.54) is 24.3 Å². The maximum atomic E-state index is 12.6. The van der Waals surface area contributed by atoms with Gasteiger partial charge in [0.25, 0.3) is 5.91 Å². The fourth-order valence-electron chi connectivity index (χ4n) is 2.63. The molecular formula is C24H29N3O7. The van der Waals surface area contributed by atoms with Crippen LogP contribution >= 0.6 is 0 Å². The van der Waals surface area contributed by atoms with Gasteiger partial charge in [-0.15, -0.1) is 0 Å². The molecule has 3 N–H and O–H groups in total. The SMILES string of the molecule is CCOC(=O)Oc1ccc(C(=O)Nc2ccccc2CNC(=O)CNC(=O)OC(C)(C)C)cc1. The minimum absolute atomic E-state index is 0.137. The zero-order valence-electron chi connectivity index (χ0n) is 19.6. The van der Waals surface area contributed by atoms with Gasteiger partial charge in [-0.3, -0.25) is 9.59 Å². The normalized spacial score (nSPS) is 10.6. The van der Waals surface area contributed by atoms with Gasteiger partial charge >= 0.3 is 12.2 Å². The molecule has 34 heavy (non-hydrogen) atoms. The molecule has 0 unspecified atom stereocenters. The quantitative estimate of drug-likeness (QED) is 0.396. The highest BCUT2D eigenvalue weighted by molar-refractivity contribution is 6.04. The number of anilines is 1. The molecule has 0 heterocycles. The number of para-hydroxylation sites is 1. The highest BCUT2D eigenvalue weighted by Crippen LogP contribution is 2.18. The maximum absolute atomic E-state index is 12.6. The Kier molecular flexibility index (Phi) is 9.42. The fourth-order valence-corrected chi connectivity index (χ4v) is 2.63. The summed E-state index contributed by atoms with van der Waals surface area (Å²) in [5.41, 5.74) is 0.867. The van der Waals surface area contributed by atoms with Crippen LogP contribution in [0.25, 0.3) is 0 Å². The van der Waals surface area contributed by atoms with Crippen molar-refractivity contribution in [3.63, 3.8) is 0 Å². The van der Waals surface area contributed by atoms with E-state index in [0.717, 1.165) is 0 Å². The molecule has 182 valence electrons. The van der Waals surface area contributed by atoms with Crippen molar-refractivity contribution in [2.45, 2.75) is 39.8 Å². The van der Waals surface area contributed by atoms with Gasteiger partial charge in [0.15, 0.2) is 0 Å². The van der Waals surface area contributed by atoms with Gasteiger partial charge in [0, 0.05) is 17.8 Å². The number of rotatable bonds is 8. The molecule has 0 aliphatic heterocycles. The van der Waals surface area contributed by atoms with E-state index >= 15 is 0 Å². The number of carbonyl (C=O) groups is 4. The van der Waals surface area contributed by atoms with E-state index in [1.54, 1.807) is 52.0 Å². The Hall–Kier alpha value is -4.08. The lowest BCUT2D eigenvalue weighted by Gasteiger charge is -2.19. The summed E-state index contributed by atoms with van der Waals surface area (Å²) in [4.78, 5) is 47.7. The zero-order chi connectivity index (χ0) is 25.1. The van der Waals surface area contributed by atoms with Gasteiger partial charge in [0.05, 0.1) is 6.61 Å². The molecule has 2 rings (SSSR count). The lowest BCUT2D eigenvalue weighted by atomic mass is 10.1. The number of nitrogens with one attached hydrogen (secondary N) is 3. The summed E-state index contributed by atoms with van der Waals surface area (Å²) in [7, 11) is 0. The summed E-state index contributed by atoms with van der Waals surface area (Å²) >= 11 is 0. The maximum Gasteiger partial charge on any atom is 0.513 e. The molecule has 0 aliphatic rings. The predicted octanol–water partition coefficient (Wildman–Crippen LogP) is 3.62. The smallest absolute Gasteiger partial charge is 0.444 e. The van der Waals surface area contributed by atoms with E-state index in [4.69, 9.17) is 14.2 Å². The molecule has 0 radical (unpaired) electrons. The van der Waals surface area contributed by atoms with Crippen LogP contribution in [0.4, 0.5) is 15.3 Å². The van der Waals surface area contributed by atoms with Crippen molar-refractivity contribution in [2.24, 2.45) is 0 Å². The Labute approximate surface area is 198 Å². The van der Waals surface area contributed by atoms with E-state index in [9.17, 15) is 19.2 Å². The summed E-state index contributed by atoms with van der Waals surface area (Å²) in [6.07, 6.45) is -1.51. The molecule has 0 saturated heterocycles. The van der Waals surface area contributed by atoms with Gasteiger partial charge in [-0.05, 0) is 63.6 Å². The van der Waals surface area contributed by atoms with Crippen LogP contribution < -0.4 is 20.7 Å². The first-order chi connectivity index (χ1) is 16.1. The summed E-state index contributed by atoms with van der Waals surface area (Å²) in [5, 5.41) is 7.87. The topological polar surface area (TPSA) is 132 Å². The lowest BCUT2D eigenvalue weighted by molar-refractivity contribution is -0.120. The molecule has 10 nitrogen and oxygen atoms in total. The average Bonchev–Trinajstić information content (AvgIpc) is 2.76. The molecule has 0 atom stereocenters. The van der Waals surface area contributed by atoms with E-state index in [0.29, 0.717) is 16.8 Å². The van der Waals surface area contributed by atoms with Crippen LogP contribution in [0.3, 0.4) is 0 Å². The highest BCUT2D eigenvalue weighted by Gasteiger charge is 2.17. The van der Waals surface area contributed by atoms with Gasteiger partial charge in [0.2, 0.25) is 5.91 Å². The van der Waals surface area contributed by atoms with Crippen molar-refractivity contribution in [1.29, 1.82) is 0 Å². The fraction of sp³-hybridized carbons (Fsp3) is 0.333. The molecule has 0 spiro atoms. The van der Waals surface area contributed by atoms with Crippen molar-refractivity contribution >= 4 is 29.8 Å². The average molecular weight is 472 g/mol. The van der Waals surface area contributed by atoms with E-state index in [-0.39, 0.29) is 31.4 Å². The Morgan fingerprint density at radius 1 is 0.912 bits per heavy atom. The standard InChI is InChI=1S/C24H29N3O7/c1-5-32-23(31)33-18-12-10-16(11-13-18)21(29)27-19-9-7-6-8-17(19)14-25-20(28)15-26-22(30)34-24(2,3)4/h6-13H,5,14-15H2,1-4H3,(H,25,28)(H,26,30)(H,27,29). The van der Waals surface area contributed by atoms with Crippen molar-refractivity contribution < 1.29 is 33.4 Å². The summed E-state index contributed by atoms with van der Waals surface area (Å²) < 4.78 is 14.8. The van der Waals surface area contributed by atoms with Crippen molar-refractivity contribution in [1.82, 2.24) is 10.6 Å². The molecule has 0 saturated carbocycles. The number of hydrogen-bond acceptors (Lipinski definition) is 7. The molecule has 3 amide bonds. The van der Waals surface area contributed by atoms with Crippen molar-refractivity contribution in [3.8, 4) is 5.75 Å². The second kappa shape index (κ2) is 12.2. The molecule has 2 aromatic carbocycles. The van der Waals surface area contributed by atoms with Gasteiger partial charge in [-0.25, -0.2) is 9.59 Å². The number of hydrogen-bond donors (Lipinski definition) is 3. The third-order valence-corrected chi connectivity index (χ3v) is 4.11.